The Bertz CT molecular complexity index is 665. The smallest absolute Gasteiger partial charge is 0.229 e. The van der Waals surface area contributed by atoms with Crippen LogP contribution in [0.15, 0.2) is 12.1 Å². The Hall–Kier alpha value is -2.11. The molecular weight excluding hydrogens is 338 g/mol. The predicted octanol–water partition coefficient (Wildman–Crippen LogP) is -3.34. The molecule has 10 nitrogen and oxygen atoms in total. The molecule has 0 amide bonds. The minimum atomic E-state index is -1.63. The number of hydrogen-bond acceptors (Lipinski definition) is 10. The fraction of sp³-hybridized carbons (Fsp3) is 0.533. The Balaban J connectivity index is 1.80. The number of carbonyl (C=O) groups excluding carboxylic acids is 1. The van der Waals surface area contributed by atoms with E-state index in [1.165, 1.54) is 12.1 Å². The molecule has 0 saturated carbocycles. The Morgan fingerprint density at radius 3 is 2.64 bits per heavy atom. The number of carboxylic acids is 1. The molecule has 0 aliphatic carbocycles. The largest absolute Gasteiger partial charge is 0.548 e. The highest BCUT2D eigenvalue weighted by molar-refractivity contribution is 5.80. The first kappa shape index (κ1) is 17.7. The third-order valence-electron chi connectivity index (χ3n) is 4.31. The maximum atomic E-state index is 10.9. The molecule has 2 heterocycles. The minimum absolute atomic E-state index is 0.108. The number of hydrogen-bond donors (Lipinski definition) is 6. The van der Waals surface area contributed by atoms with Crippen LogP contribution < -0.4 is 15.2 Å². The number of rotatable bonds is 4. The van der Waals surface area contributed by atoms with Crippen LogP contribution in [0.4, 0.5) is 5.69 Å². The Labute approximate surface area is 141 Å². The monoisotopic (exact) mass is 356 g/mol. The SMILES string of the molecule is O=C([O-])[C@@H]1Cc2cc(O[C@@H]3O[C@H](CO)[C@@H](O)[C@H](O)[C@H]3O)c(O)cc2N1. The van der Waals surface area contributed by atoms with Crippen LogP contribution in [0.25, 0.3) is 0 Å². The first-order chi connectivity index (χ1) is 11.8. The number of carbonyl (C=O) groups is 1. The number of aromatic hydroxyl groups is 1. The summed E-state index contributed by atoms with van der Waals surface area (Å²) in [5, 5.41) is 62.3. The van der Waals surface area contributed by atoms with Gasteiger partial charge < -0.3 is 50.2 Å². The minimum Gasteiger partial charge on any atom is -0.548 e. The maximum Gasteiger partial charge on any atom is 0.229 e. The van der Waals surface area contributed by atoms with Gasteiger partial charge in [-0.1, -0.05) is 0 Å². The molecule has 10 heteroatoms. The molecule has 2 aliphatic rings. The van der Waals surface area contributed by atoms with Gasteiger partial charge in [-0.25, -0.2) is 0 Å². The molecule has 0 spiro atoms. The lowest BCUT2D eigenvalue weighted by atomic mass is 9.99. The van der Waals surface area contributed by atoms with Crippen LogP contribution >= 0.6 is 0 Å². The van der Waals surface area contributed by atoms with Gasteiger partial charge in [0.2, 0.25) is 6.29 Å². The molecule has 138 valence electrons. The van der Waals surface area contributed by atoms with Gasteiger partial charge in [0.15, 0.2) is 11.5 Å². The van der Waals surface area contributed by atoms with E-state index in [1.54, 1.807) is 0 Å². The van der Waals surface area contributed by atoms with Crippen molar-refractivity contribution in [2.75, 3.05) is 11.9 Å². The van der Waals surface area contributed by atoms with Gasteiger partial charge in [-0.3, -0.25) is 0 Å². The molecule has 0 aromatic heterocycles. The second-order valence-corrected chi connectivity index (χ2v) is 6.01. The van der Waals surface area contributed by atoms with Crippen molar-refractivity contribution in [2.45, 2.75) is 43.2 Å². The van der Waals surface area contributed by atoms with E-state index in [0.717, 1.165) is 0 Å². The van der Waals surface area contributed by atoms with E-state index in [4.69, 9.17) is 14.6 Å². The van der Waals surface area contributed by atoms with Gasteiger partial charge >= 0.3 is 0 Å². The molecule has 6 N–H and O–H groups in total. The average Bonchev–Trinajstić information content (AvgIpc) is 2.98. The van der Waals surface area contributed by atoms with Crippen LogP contribution in [0.3, 0.4) is 0 Å². The fourth-order valence-electron chi connectivity index (χ4n) is 2.90. The summed E-state index contributed by atoms with van der Waals surface area (Å²) in [6, 6.07) is 1.71. The summed E-state index contributed by atoms with van der Waals surface area (Å²) >= 11 is 0. The first-order valence-electron chi connectivity index (χ1n) is 7.62. The number of benzene rings is 1. The van der Waals surface area contributed by atoms with E-state index in [0.29, 0.717) is 11.3 Å². The average molecular weight is 356 g/mol. The van der Waals surface area contributed by atoms with Gasteiger partial charge in [0.25, 0.3) is 0 Å². The van der Waals surface area contributed by atoms with Crippen LogP contribution in [0, 0.1) is 0 Å². The standard InChI is InChI=1S/C15H19NO9/c17-4-10-11(19)12(20)13(21)15(25-10)24-9-2-5-1-7(14(22)23)16-6(5)3-8(9)18/h2-3,7,10-13,15-21H,1,4H2,(H,22,23)/p-1/t7-,10+,11+,12-,13+,15+/m0/s1. The summed E-state index contributed by atoms with van der Waals surface area (Å²) in [6.45, 7) is -0.613. The van der Waals surface area contributed by atoms with Crippen LogP contribution in [0.1, 0.15) is 5.56 Å². The molecule has 0 unspecified atom stereocenters. The molecule has 1 saturated heterocycles. The summed E-state index contributed by atoms with van der Waals surface area (Å²) in [4.78, 5) is 10.9. The summed E-state index contributed by atoms with van der Waals surface area (Å²) in [5.74, 6) is -1.74. The number of phenols is 1. The highest BCUT2D eigenvalue weighted by atomic mass is 16.7. The summed E-state index contributed by atoms with van der Waals surface area (Å²) in [6.07, 6.45) is -7.25. The van der Waals surface area contributed by atoms with Gasteiger partial charge in [-0.2, -0.15) is 0 Å². The van der Waals surface area contributed by atoms with Crippen LogP contribution in [0.2, 0.25) is 0 Å². The van der Waals surface area contributed by atoms with Crippen LogP contribution in [-0.2, 0) is 16.0 Å². The molecule has 6 atom stereocenters. The lowest BCUT2D eigenvalue weighted by molar-refractivity contribution is -0.306. The Morgan fingerprint density at radius 2 is 2.00 bits per heavy atom. The Kier molecular flexibility index (Phi) is 4.71. The molecule has 25 heavy (non-hydrogen) atoms. The van der Waals surface area contributed by atoms with Gasteiger partial charge in [0.1, 0.15) is 24.4 Å². The lowest BCUT2D eigenvalue weighted by Gasteiger charge is -2.39. The van der Waals surface area contributed by atoms with E-state index in [-0.39, 0.29) is 17.9 Å². The van der Waals surface area contributed by atoms with E-state index >= 15 is 0 Å². The number of aliphatic carboxylic acids is 1. The number of nitrogens with one attached hydrogen (secondary N) is 1. The molecule has 0 radical (unpaired) electrons. The number of aliphatic hydroxyl groups is 4. The molecule has 1 aromatic carbocycles. The van der Waals surface area contributed by atoms with Crippen molar-refractivity contribution < 1.29 is 44.9 Å². The highest BCUT2D eigenvalue weighted by Gasteiger charge is 2.45. The molecule has 2 aliphatic heterocycles. The van der Waals surface area contributed by atoms with E-state index in [2.05, 4.69) is 5.32 Å². The third-order valence-corrected chi connectivity index (χ3v) is 4.31. The predicted molar refractivity (Wildman–Crippen MR) is 78.6 cm³/mol. The van der Waals surface area contributed by atoms with E-state index in [1.807, 2.05) is 0 Å². The van der Waals surface area contributed by atoms with Gasteiger partial charge in [0.05, 0.1) is 18.6 Å². The van der Waals surface area contributed by atoms with Crippen LogP contribution in [0.5, 0.6) is 11.5 Å². The summed E-state index contributed by atoms with van der Waals surface area (Å²) in [5.41, 5.74) is 0.958. The zero-order valence-electron chi connectivity index (χ0n) is 12.9. The van der Waals surface area contributed by atoms with Crippen molar-refractivity contribution in [3.8, 4) is 11.5 Å². The number of ether oxygens (including phenoxy) is 2. The van der Waals surface area contributed by atoms with E-state index < -0.39 is 49.3 Å². The topological polar surface area (TPSA) is 172 Å². The van der Waals surface area contributed by atoms with Crippen molar-refractivity contribution in [1.29, 1.82) is 0 Å². The summed E-state index contributed by atoms with van der Waals surface area (Å²) < 4.78 is 10.6. The zero-order chi connectivity index (χ0) is 18.3. The van der Waals surface area contributed by atoms with Gasteiger partial charge in [-0.05, 0) is 11.6 Å². The maximum absolute atomic E-state index is 10.9. The fourth-order valence-corrected chi connectivity index (χ4v) is 2.90. The zero-order valence-corrected chi connectivity index (χ0v) is 12.9. The number of aliphatic hydroxyl groups excluding tert-OH is 4. The number of phenolic OH excluding ortho intramolecular Hbond substituents is 1. The molecule has 3 rings (SSSR count). The molecular formula is C15H18NO9-. The lowest BCUT2D eigenvalue weighted by Crippen LogP contribution is -2.60. The molecule has 1 aromatic rings. The quantitative estimate of drug-likeness (QED) is 0.320. The van der Waals surface area contributed by atoms with Crippen molar-refractivity contribution in [3.63, 3.8) is 0 Å². The third kappa shape index (κ3) is 3.22. The van der Waals surface area contributed by atoms with Crippen molar-refractivity contribution in [2.24, 2.45) is 0 Å². The number of fused-ring (bicyclic) bond motifs is 1. The highest BCUT2D eigenvalue weighted by Crippen LogP contribution is 2.38. The van der Waals surface area contributed by atoms with Crippen LogP contribution in [-0.4, -0.2) is 74.9 Å². The molecule has 1 fully saturated rings. The first-order valence-corrected chi connectivity index (χ1v) is 7.62. The van der Waals surface area contributed by atoms with Gasteiger partial charge in [0, 0.05) is 18.2 Å². The van der Waals surface area contributed by atoms with Crippen molar-refractivity contribution in [1.82, 2.24) is 0 Å². The van der Waals surface area contributed by atoms with Crippen molar-refractivity contribution >= 4 is 11.7 Å². The van der Waals surface area contributed by atoms with Crippen molar-refractivity contribution in [3.05, 3.63) is 17.7 Å². The second kappa shape index (κ2) is 6.65. The Morgan fingerprint density at radius 1 is 1.28 bits per heavy atom. The number of carboxylic acid groups (broad SMARTS) is 1. The second-order valence-electron chi connectivity index (χ2n) is 6.01. The van der Waals surface area contributed by atoms with Gasteiger partial charge in [-0.15, -0.1) is 0 Å². The molecule has 0 bridgehead atoms. The van der Waals surface area contributed by atoms with E-state index in [9.17, 15) is 30.3 Å². The summed E-state index contributed by atoms with van der Waals surface area (Å²) in [7, 11) is 0. The normalized spacial score (nSPS) is 34.2. The number of anilines is 1.